The van der Waals surface area contributed by atoms with E-state index in [9.17, 15) is 15.0 Å². The number of aliphatic hydroxyl groups excluding tert-OH is 2. The van der Waals surface area contributed by atoms with E-state index >= 15 is 0 Å². The molecule has 0 saturated heterocycles. The first kappa shape index (κ1) is 56.4. The largest absolute Gasteiger partial charge is 0.394 e. The van der Waals surface area contributed by atoms with E-state index in [0.717, 1.165) is 38.5 Å². The van der Waals surface area contributed by atoms with Crippen molar-refractivity contribution in [2.75, 3.05) is 6.61 Å². The summed E-state index contributed by atoms with van der Waals surface area (Å²) in [5, 5.41) is 23.1. The minimum absolute atomic E-state index is 0.0783. The highest BCUT2D eigenvalue weighted by Crippen LogP contribution is 2.15. The predicted octanol–water partition coefficient (Wildman–Crippen LogP) is 16.7. The van der Waals surface area contributed by atoms with Crippen LogP contribution in [0.3, 0.4) is 0 Å². The lowest BCUT2D eigenvalue weighted by atomic mass is 10.0. The predicted molar refractivity (Wildman–Crippen MR) is 258 cm³/mol. The SMILES string of the molecule is CCCCCCCCCCCCC/C=C/CC/C=C/CC/C=C/C(O)C(CO)NC(=O)CCCCCCCCCCC/C=C\CCCCCCCCCCCCCC. The first-order valence-electron chi connectivity index (χ1n) is 25.9. The topological polar surface area (TPSA) is 69.6 Å². The molecule has 2 atom stereocenters. The number of unbranched alkanes of at least 4 members (excludes halogenated alkanes) is 34. The van der Waals surface area contributed by atoms with Crippen molar-refractivity contribution >= 4 is 5.91 Å². The molecule has 0 rings (SSSR count). The van der Waals surface area contributed by atoms with Crippen molar-refractivity contribution in [3.05, 3.63) is 48.6 Å². The van der Waals surface area contributed by atoms with Gasteiger partial charge in [0.05, 0.1) is 18.8 Å². The van der Waals surface area contributed by atoms with Crippen LogP contribution in [-0.4, -0.2) is 34.9 Å². The van der Waals surface area contributed by atoms with Crippen LogP contribution >= 0.6 is 0 Å². The van der Waals surface area contributed by atoms with Crippen LogP contribution in [0.2, 0.25) is 0 Å². The Balaban J connectivity index is 3.58. The Morgan fingerprint density at radius 3 is 1.00 bits per heavy atom. The summed E-state index contributed by atoms with van der Waals surface area (Å²) in [7, 11) is 0. The monoisotopic (exact) mass is 812 g/mol. The highest BCUT2D eigenvalue weighted by molar-refractivity contribution is 5.76. The second-order valence-electron chi connectivity index (χ2n) is 17.6. The molecule has 58 heavy (non-hydrogen) atoms. The molecule has 0 saturated carbocycles. The normalized spacial score (nSPS) is 13.2. The van der Waals surface area contributed by atoms with Crippen LogP contribution in [0.1, 0.15) is 271 Å². The standard InChI is InChI=1S/C54H101NO3/c1-3-5-7-9-11-13-15-17-19-21-23-25-26-27-28-30-32-34-36-38-40-42-44-46-48-50-54(58)55-52(51-56)53(57)49-47-45-43-41-39-37-35-33-31-29-24-22-20-18-16-14-12-10-8-6-4-2/h27-28,31,33,39,41,47,49,52-53,56-57H,3-26,29-30,32,34-38,40,42-46,48,50-51H2,1-2H3,(H,55,58)/b28-27-,33-31+,41-39+,49-47+. The molecule has 0 aliphatic carbocycles. The number of rotatable bonds is 47. The average molecular weight is 812 g/mol. The highest BCUT2D eigenvalue weighted by Gasteiger charge is 2.17. The van der Waals surface area contributed by atoms with E-state index in [4.69, 9.17) is 0 Å². The van der Waals surface area contributed by atoms with Gasteiger partial charge in [0, 0.05) is 6.42 Å². The summed E-state index contributed by atoms with van der Waals surface area (Å²) in [6.07, 6.45) is 68.2. The number of amides is 1. The van der Waals surface area contributed by atoms with Crippen LogP contribution in [0.15, 0.2) is 48.6 Å². The zero-order chi connectivity index (χ0) is 42.1. The molecule has 1 amide bonds. The average Bonchev–Trinajstić information content (AvgIpc) is 3.23. The summed E-state index contributed by atoms with van der Waals surface area (Å²) < 4.78 is 0. The number of carbonyl (C=O) groups excluding carboxylic acids is 1. The van der Waals surface area contributed by atoms with Gasteiger partial charge in [-0.2, -0.15) is 0 Å². The van der Waals surface area contributed by atoms with E-state index < -0.39 is 12.1 Å². The first-order valence-corrected chi connectivity index (χ1v) is 25.9. The van der Waals surface area contributed by atoms with E-state index in [1.54, 1.807) is 6.08 Å². The molecule has 0 aromatic rings. The summed E-state index contributed by atoms with van der Waals surface area (Å²) >= 11 is 0. The fraction of sp³-hybridized carbons (Fsp3) is 0.833. The van der Waals surface area contributed by atoms with Crippen LogP contribution in [0.25, 0.3) is 0 Å². The zero-order valence-electron chi connectivity index (χ0n) is 39.1. The molecule has 3 N–H and O–H groups in total. The summed E-state index contributed by atoms with van der Waals surface area (Å²) in [6, 6.07) is -0.647. The van der Waals surface area contributed by atoms with Gasteiger partial charge >= 0.3 is 0 Å². The number of aliphatic hydroxyl groups is 2. The van der Waals surface area contributed by atoms with Crippen molar-refractivity contribution in [3.63, 3.8) is 0 Å². The Hall–Kier alpha value is -1.65. The van der Waals surface area contributed by atoms with Crippen LogP contribution < -0.4 is 5.32 Å². The van der Waals surface area contributed by atoms with Gasteiger partial charge < -0.3 is 15.5 Å². The van der Waals surface area contributed by atoms with Crippen molar-refractivity contribution in [2.45, 2.75) is 283 Å². The first-order chi connectivity index (χ1) is 28.7. The maximum atomic E-state index is 12.4. The van der Waals surface area contributed by atoms with Crippen molar-refractivity contribution in [1.29, 1.82) is 0 Å². The molecule has 0 aromatic heterocycles. The lowest BCUT2D eigenvalue weighted by Gasteiger charge is -2.19. The highest BCUT2D eigenvalue weighted by atomic mass is 16.3. The van der Waals surface area contributed by atoms with E-state index in [-0.39, 0.29) is 12.5 Å². The lowest BCUT2D eigenvalue weighted by Crippen LogP contribution is -2.45. The Bertz CT molecular complexity index is 923. The van der Waals surface area contributed by atoms with Gasteiger partial charge in [0.1, 0.15) is 0 Å². The quantitative estimate of drug-likeness (QED) is 0.0423. The van der Waals surface area contributed by atoms with E-state index in [1.165, 1.54) is 212 Å². The van der Waals surface area contributed by atoms with Crippen LogP contribution in [0, 0.1) is 0 Å². The molecule has 4 nitrogen and oxygen atoms in total. The van der Waals surface area contributed by atoms with Gasteiger partial charge in [-0.1, -0.05) is 242 Å². The lowest BCUT2D eigenvalue weighted by molar-refractivity contribution is -0.123. The minimum atomic E-state index is -0.872. The molecule has 0 aliphatic rings. The summed E-state index contributed by atoms with van der Waals surface area (Å²) in [4.78, 5) is 12.4. The molecular weight excluding hydrogens is 711 g/mol. The Morgan fingerprint density at radius 1 is 0.397 bits per heavy atom. The van der Waals surface area contributed by atoms with Crippen molar-refractivity contribution in [1.82, 2.24) is 5.32 Å². The summed E-state index contributed by atoms with van der Waals surface area (Å²) in [5.74, 6) is -0.0783. The molecule has 4 heteroatoms. The maximum Gasteiger partial charge on any atom is 0.220 e. The Morgan fingerprint density at radius 2 is 0.672 bits per heavy atom. The van der Waals surface area contributed by atoms with E-state index in [1.807, 2.05) is 6.08 Å². The third-order valence-electron chi connectivity index (χ3n) is 11.8. The fourth-order valence-electron chi connectivity index (χ4n) is 7.79. The second-order valence-corrected chi connectivity index (χ2v) is 17.6. The van der Waals surface area contributed by atoms with Gasteiger partial charge in [-0.05, 0) is 70.6 Å². The molecule has 0 radical (unpaired) electrons. The summed E-state index contributed by atoms with van der Waals surface area (Å²) in [6.45, 7) is 4.31. The molecule has 0 aliphatic heterocycles. The molecule has 0 spiro atoms. The smallest absolute Gasteiger partial charge is 0.220 e. The molecule has 2 unspecified atom stereocenters. The molecule has 340 valence electrons. The number of nitrogens with one attached hydrogen (secondary N) is 1. The second kappa shape index (κ2) is 49.7. The van der Waals surface area contributed by atoms with Gasteiger partial charge in [-0.15, -0.1) is 0 Å². The Labute approximate surface area is 363 Å². The third kappa shape index (κ3) is 45.4. The molecule has 0 fully saturated rings. The van der Waals surface area contributed by atoms with Gasteiger partial charge in [0.25, 0.3) is 0 Å². The maximum absolute atomic E-state index is 12.4. The molecular formula is C54H101NO3. The molecule has 0 heterocycles. The van der Waals surface area contributed by atoms with Crippen molar-refractivity contribution in [2.24, 2.45) is 0 Å². The number of hydrogen-bond acceptors (Lipinski definition) is 3. The fourth-order valence-corrected chi connectivity index (χ4v) is 7.79. The van der Waals surface area contributed by atoms with Crippen molar-refractivity contribution < 1.29 is 15.0 Å². The van der Waals surface area contributed by atoms with Gasteiger partial charge in [0.15, 0.2) is 0 Å². The number of hydrogen-bond donors (Lipinski definition) is 3. The van der Waals surface area contributed by atoms with Crippen molar-refractivity contribution in [3.8, 4) is 0 Å². The van der Waals surface area contributed by atoms with Crippen LogP contribution in [0.4, 0.5) is 0 Å². The van der Waals surface area contributed by atoms with Crippen LogP contribution in [-0.2, 0) is 4.79 Å². The number of allylic oxidation sites excluding steroid dienone is 7. The third-order valence-corrected chi connectivity index (χ3v) is 11.8. The number of carbonyl (C=O) groups is 1. The molecule has 0 aromatic carbocycles. The van der Waals surface area contributed by atoms with Crippen LogP contribution in [0.5, 0.6) is 0 Å². The molecule has 0 bridgehead atoms. The van der Waals surface area contributed by atoms with Gasteiger partial charge in [-0.25, -0.2) is 0 Å². The summed E-state index contributed by atoms with van der Waals surface area (Å²) in [5.41, 5.74) is 0. The van der Waals surface area contributed by atoms with Gasteiger partial charge in [0.2, 0.25) is 5.91 Å². The zero-order valence-corrected chi connectivity index (χ0v) is 39.1. The van der Waals surface area contributed by atoms with Gasteiger partial charge in [-0.3, -0.25) is 4.79 Å². The van der Waals surface area contributed by atoms with E-state index in [0.29, 0.717) is 6.42 Å². The minimum Gasteiger partial charge on any atom is -0.394 e. The Kier molecular flexibility index (Phi) is 48.3. The van der Waals surface area contributed by atoms with E-state index in [2.05, 4.69) is 55.6 Å².